The summed E-state index contributed by atoms with van der Waals surface area (Å²) in [5, 5.41) is 6.29. The molecule has 0 saturated heterocycles. The molecule has 1 aliphatic rings. The van der Waals surface area contributed by atoms with E-state index in [0.29, 0.717) is 45.0 Å². The maximum atomic E-state index is 15.1. The van der Waals surface area contributed by atoms with Gasteiger partial charge in [0, 0.05) is 22.7 Å². The Hall–Kier alpha value is -4.01. The van der Waals surface area contributed by atoms with E-state index >= 15 is 4.39 Å². The Kier molecular flexibility index (Phi) is 5.61. The van der Waals surface area contributed by atoms with E-state index in [1.165, 1.54) is 12.4 Å². The van der Waals surface area contributed by atoms with E-state index in [-0.39, 0.29) is 23.8 Å². The Bertz CT molecular complexity index is 1360. The molecule has 1 amide bonds. The number of fused-ring (bicyclic) bond motifs is 1. The van der Waals surface area contributed by atoms with Gasteiger partial charge >= 0.3 is 0 Å². The number of aromatic nitrogens is 4. The summed E-state index contributed by atoms with van der Waals surface area (Å²) in [5.74, 6) is 0.685. The van der Waals surface area contributed by atoms with Crippen LogP contribution < -0.4 is 15.4 Å². The summed E-state index contributed by atoms with van der Waals surface area (Å²) in [5.41, 5.74) is 4.31. The molecular formula is C25H25FN6O2. The third kappa shape index (κ3) is 4.05. The number of carbonyl (C=O) groups is 1. The summed E-state index contributed by atoms with van der Waals surface area (Å²) in [6.45, 7) is 3.63. The van der Waals surface area contributed by atoms with E-state index in [1.54, 1.807) is 32.5 Å². The van der Waals surface area contributed by atoms with Crippen molar-refractivity contribution in [3.05, 3.63) is 65.5 Å². The van der Waals surface area contributed by atoms with Crippen LogP contribution in [0.1, 0.15) is 47.3 Å². The first-order valence-electron chi connectivity index (χ1n) is 11.1. The molecule has 0 bridgehead atoms. The number of halogens is 1. The fourth-order valence-electron chi connectivity index (χ4n) is 4.08. The molecule has 0 radical (unpaired) electrons. The van der Waals surface area contributed by atoms with E-state index in [2.05, 4.69) is 30.6 Å². The maximum absolute atomic E-state index is 15.1. The van der Waals surface area contributed by atoms with Crippen molar-refractivity contribution >= 4 is 22.9 Å². The summed E-state index contributed by atoms with van der Waals surface area (Å²) >= 11 is 0. The lowest BCUT2D eigenvalue weighted by molar-refractivity contribution is 0.0951. The number of imidazole rings is 1. The summed E-state index contributed by atoms with van der Waals surface area (Å²) in [4.78, 5) is 28.0. The van der Waals surface area contributed by atoms with E-state index in [0.717, 1.165) is 18.4 Å². The number of nitrogens with one attached hydrogen (secondary N) is 3. The number of H-pyrrole nitrogens is 1. The molecule has 8 nitrogen and oxygen atoms in total. The van der Waals surface area contributed by atoms with Crippen LogP contribution in [-0.2, 0) is 0 Å². The van der Waals surface area contributed by atoms with Crippen LogP contribution in [0.15, 0.2) is 43.0 Å². The first-order chi connectivity index (χ1) is 16.5. The molecule has 34 heavy (non-hydrogen) atoms. The first kappa shape index (κ1) is 21.8. The zero-order valence-electron chi connectivity index (χ0n) is 19.1. The second-order valence-electron chi connectivity index (χ2n) is 8.50. The van der Waals surface area contributed by atoms with Crippen molar-refractivity contribution in [3.63, 3.8) is 0 Å². The number of benzene rings is 2. The van der Waals surface area contributed by atoms with Crippen molar-refractivity contribution in [1.29, 1.82) is 0 Å². The lowest BCUT2D eigenvalue weighted by Gasteiger charge is -2.22. The molecule has 1 saturated carbocycles. The van der Waals surface area contributed by atoms with E-state index < -0.39 is 0 Å². The van der Waals surface area contributed by atoms with Crippen molar-refractivity contribution < 1.29 is 13.9 Å². The lowest BCUT2D eigenvalue weighted by Crippen LogP contribution is -2.25. The average molecular weight is 461 g/mol. The predicted octanol–water partition coefficient (Wildman–Crippen LogP) is 4.54. The molecule has 3 N–H and O–H groups in total. The monoisotopic (exact) mass is 460 g/mol. The smallest absolute Gasteiger partial charge is 0.251 e. The van der Waals surface area contributed by atoms with Crippen LogP contribution in [0.3, 0.4) is 0 Å². The quantitative estimate of drug-likeness (QED) is 0.374. The van der Waals surface area contributed by atoms with Crippen LogP contribution in [0, 0.1) is 12.7 Å². The second kappa shape index (κ2) is 8.74. The third-order valence-electron chi connectivity index (χ3n) is 6.10. The van der Waals surface area contributed by atoms with Gasteiger partial charge in [0.05, 0.1) is 19.5 Å². The highest BCUT2D eigenvalue weighted by Crippen LogP contribution is 2.41. The average Bonchev–Trinajstić information content (AvgIpc) is 3.52. The molecule has 2 aromatic carbocycles. The first-order valence-corrected chi connectivity index (χ1v) is 11.1. The minimum absolute atomic E-state index is 0.0922. The molecule has 2 heterocycles. The fraction of sp³-hybridized carbons (Fsp3) is 0.280. The molecule has 0 aliphatic heterocycles. The Morgan fingerprint density at radius 1 is 1.21 bits per heavy atom. The van der Waals surface area contributed by atoms with Gasteiger partial charge in [-0.2, -0.15) is 0 Å². The lowest BCUT2D eigenvalue weighted by atomic mass is 9.93. The highest BCUT2D eigenvalue weighted by Gasteiger charge is 2.25. The number of ether oxygens (including phenoxy) is 1. The van der Waals surface area contributed by atoms with E-state index in [4.69, 9.17) is 4.74 Å². The number of amides is 1. The second-order valence-corrected chi connectivity index (χ2v) is 8.50. The van der Waals surface area contributed by atoms with Crippen molar-refractivity contribution in [3.8, 4) is 16.9 Å². The number of nitrogens with zero attached hydrogens (tertiary/aromatic N) is 3. The number of anilines is 1. The highest BCUT2D eigenvalue weighted by atomic mass is 19.1. The fourth-order valence-corrected chi connectivity index (χ4v) is 4.08. The molecule has 2 aromatic heterocycles. The minimum Gasteiger partial charge on any atom is -0.496 e. The number of carbonyl (C=O) groups excluding carboxylic acids is 1. The van der Waals surface area contributed by atoms with Gasteiger partial charge in [-0.25, -0.2) is 19.3 Å². The predicted molar refractivity (Wildman–Crippen MR) is 127 cm³/mol. The molecule has 174 valence electrons. The molecule has 1 unspecified atom stereocenters. The van der Waals surface area contributed by atoms with Gasteiger partial charge in [0.2, 0.25) is 0 Å². The van der Waals surface area contributed by atoms with Crippen molar-refractivity contribution in [1.82, 2.24) is 25.3 Å². The summed E-state index contributed by atoms with van der Waals surface area (Å²) in [7, 11) is 1.57. The van der Waals surface area contributed by atoms with Crippen LogP contribution in [0.4, 0.5) is 10.2 Å². The van der Waals surface area contributed by atoms with Crippen LogP contribution in [-0.4, -0.2) is 39.0 Å². The Morgan fingerprint density at radius 3 is 2.68 bits per heavy atom. The Labute approximate surface area is 196 Å². The largest absolute Gasteiger partial charge is 0.496 e. The van der Waals surface area contributed by atoms with Gasteiger partial charge in [0.25, 0.3) is 5.91 Å². The van der Waals surface area contributed by atoms with Crippen LogP contribution in [0.5, 0.6) is 5.75 Å². The topological polar surface area (TPSA) is 105 Å². The Morgan fingerprint density at radius 2 is 1.97 bits per heavy atom. The Balaban J connectivity index is 1.50. The van der Waals surface area contributed by atoms with E-state index in [9.17, 15) is 4.79 Å². The molecule has 1 atom stereocenters. The minimum atomic E-state index is -0.343. The van der Waals surface area contributed by atoms with Crippen molar-refractivity contribution in [2.75, 3.05) is 12.4 Å². The zero-order valence-corrected chi connectivity index (χ0v) is 19.1. The maximum Gasteiger partial charge on any atom is 0.251 e. The number of hydrogen-bond acceptors (Lipinski definition) is 6. The molecule has 5 rings (SSSR count). The van der Waals surface area contributed by atoms with Crippen LogP contribution >= 0.6 is 0 Å². The molecule has 9 heteroatoms. The van der Waals surface area contributed by atoms with Gasteiger partial charge < -0.3 is 20.4 Å². The summed E-state index contributed by atoms with van der Waals surface area (Å²) in [6, 6.07) is 8.60. The third-order valence-corrected chi connectivity index (χ3v) is 6.10. The number of rotatable bonds is 7. The summed E-state index contributed by atoms with van der Waals surface area (Å²) < 4.78 is 20.9. The molecule has 1 aliphatic carbocycles. The van der Waals surface area contributed by atoms with Gasteiger partial charge in [-0.15, -0.1) is 0 Å². The van der Waals surface area contributed by atoms with Crippen LogP contribution in [0.25, 0.3) is 22.3 Å². The number of hydrogen-bond donors (Lipinski definition) is 3. The van der Waals surface area contributed by atoms with Gasteiger partial charge in [0.15, 0.2) is 11.5 Å². The normalized spacial score (nSPS) is 14.1. The zero-order chi connectivity index (χ0) is 23.8. The number of aromatic amines is 1. The highest BCUT2D eigenvalue weighted by molar-refractivity contribution is 5.95. The van der Waals surface area contributed by atoms with Gasteiger partial charge in [0.1, 0.15) is 23.4 Å². The van der Waals surface area contributed by atoms with Crippen LogP contribution in [0.2, 0.25) is 0 Å². The van der Waals surface area contributed by atoms with Gasteiger partial charge in [-0.3, -0.25) is 4.79 Å². The summed E-state index contributed by atoms with van der Waals surface area (Å²) in [6.07, 6.45) is 5.03. The number of methoxy groups -OCH3 is 1. The van der Waals surface area contributed by atoms with Gasteiger partial charge in [-0.1, -0.05) is 12.1 Å². The SMILES string of the molecule is COc1c(C(C)Nc2ncnc3nc[nH]c23)cc(F)c(C)c1-c1ccc(C(=O)NC2CC2)cc1. The van der Waals surface area contributed by atoms with Crippen molar-refractivity contribution in [2.45, 2.75) is 38.8 Å². The van der Waals surface area contributed by atoms with Crippen molar-refractivity contribution in [2.24, 2.45) is 0 Å². The molecular weight excluding hydrogens is 435 g/mol. The molecule has 4 aromatic rings. The molecule has 0 spiro atoms. The molecule has 1 fully saturated rings. The van der Waals surface area contributed by atoms with E-state index in [1.807, 2.05) is 19.1 Å². The standard InChI is InChI=1S/C25H25FN6O2/c1-13-19(26)10-18(14(2)31-24-21-23(28-11-27-21)29-12-30-24)22(34-3)20(13)15-4-6-16(7-5-15)25(33)32-17-8-9-17/h4-7,10-12,14,17H,8-9H2,1-3H3,(H,32,33)(H2,27,28,29,30,31). The van der Waals surface area contributed by atoms with Gasteiger partial charge in [-0.05, 0) is 56.0 Å².